The topological polar surface area (TPSA) is 48.1 Å². The molecule has 0 amide bonds. The number of nitrogens with zero attached hydrogens (tertiary/aromatic N) is 1. The second-order valence-electron chi connectivity index (χ2n) is 4.34. The number of anilines is 1. The second-order valence-corrected chi connectivity index (χ2v) is 5.26. The number of nitrogen functional groups attached to an aromatic ring is 1. The Morgan fingerprint density at radius 2 is 2.00 bits per heavy atom. The van der Waals surface area contributed by atoms with Crippen LogP contribution in [0.2, 0.25) is 0 Å². The first kappa shape index (κ1) is 12.9. The Bertz CT molecular complexity index is 555. The van der Waals surface area contributed by atoms with Crippen LogP contribution >= 0.6 is 15.9 Å². The van der Waals surface area contributed by atoms with Crippen molar-refractivity contribution in [3.63, 3.8) is 0 Å². The smallest absolute Gasteiger partial charge is 0.242 e. The zero-order chi connectivity index (χ0) is 13.1. The third-order valence-electron chi connectivity index (χ3n) is 2.59. The van der Waals surface area contributed by atoms with Crippen molar-refractivity contribution in [2.24, 2.45) is 0 Å². The standard InChI is InChI=1S/C14H15BrN2O/c1-9(2)11-5-3-4-6-13(11)18-14-12(16)7-10(15)8-17-14/h3-9H,16H2,1-2H3. The van der Waals surface area contributed by atoms with Crippen molar-refractivity contribution in [1.82, 2.24) is 4.98 Å². The maximum Gasteiger partial charge on any atom is 0.242 e. The highest BCUT2D eigenvalue weighted by atomic mass is 79.9. The monoisotopic (exact) mass is 306 g/mol. The molecule has 2 aromatic rings. The number of nitrogens with two attached hydrogens (primary N) is 1. The summed E-state index contributed by atoms with van der Waals surface area (Å²) in [5.41, 5.74) is 7.53. The number of pyridine rings is 1. The number of hydrogen-bond acceptors (Lipinski definition) is 3. The van der Waals surface area contributed by atoms with Crippen LogP contribution in [0.5, 0.6) is 11.6 Å². The molecule has 0 aliphatic heterocycles. The molecule has 0 spiro atoms. The van der Waals surface area contributed by atoms with E-state index < -0.39 is 0 Å². The van der Waals surface area contributed by atoms with E-state index in [-0.39, 0.29) is 0 Å². The first-order valence-electron chi connectivity index (χ1n) is 5.75. The zero-order valence-electron chi connectivity index (χ0n) is 10.4. The van der Waals surface area contributed by atoms with Crippen molar-refractivity contribution in [1.29, 1.82) is 0 Å². The van der Waals surface area contributed by atoms with Crippen LogP contribution < -0.4 is 10.5 Å². The van der Waals surface area contributed by atoms with Gasteiger partial charge in [-0.1, -0.05) is 32.0 Å². The van der Waals surface area contributed by atoms with E-state index in [1.807, 2.05) is 18.2 Å². The van der Waals surface area contributed by atoms with Gasteiger partial charge in [0.25, 0.3) is 0 Å². The normalized spacial score (nSPS) is 10.7. The van der Waals surface area contributed by atoms with Gasteiger partial charge in [0.1, 0.15) is 5.75 Å². The summed E-state index contributed by atoms with van der Waals surface area (Å²) in [5, 5.41) is 0. The van der Waals surface area contributed by atoms with E-state index in [1.165, 1.54) is 0 Å². The summed E-state index contributed by atoms with van der Waals surface area (Å²) in [5.74, 6) is 1.62. The van der Waals surface area contributed by atoms with Crippen LogP contribution in [0.15, 0.2) is 41.0 Å². The minimum absolute atomic E-state index is 0.387. The highest BCUT2D eigenvalue weighted by Crippen LogP contribution is 2.32. The van der Waals surface area contributed by atoms with Crippen molar-refractivity contribution in [3.05, 3.63) is 46.6 Å². The number of benzene rings is 1. The lowest BCUT2D eigenvalue weighted by Gasteiger charge is -2.13. The molecule has 0 fully saturated rings. The predicted octanol–water partition coefficient (Wildman–Crippen LogP) is 4.34. The molecule has 0 aliphatic rings. The average Bonchev–Trinajstić information content (AvgIpc) is 2.33. The highest BCUT2D eigenvalue weighted by Gasteiger charge is 2.10. The first-order valence-corrected chi connectivity index (χ1v) is 6.55. The molecular formula is C14H15BrN2O. The summed E-state index contributed by atoms with van der Waals surface area (Å²) in [6.07, 6.45) is 1.67. The molecule has 1 aromatic carbocycles. The minimum atomic E-state index is 0.387. The van der Waals surface area contributed by atoms with Crippen molar-refractivity contribution in [3.8, 4) is 11.6 Å². The summed E-state index contributed by atoms with van der Waals surface area (Å²) in [7, 11) is 0. The lowest BCUT2D eigenvalue weighted by Crippen LogP contribution is -1.98. The lowest BCUT2D eigenvalue weighted by atomic mass is 10.0. The van der Waals surface area contributed by atoms with Gasteiger partial charge in [-0.05, 0) is 39.5 Å². The first-order chi connectivity index (χ1) is 8.58. The maximum atomic E-state index is 5.88. The molecule has 18 heavy (non-hydrogen) atoms. The molecule has 0 bridgehead atoms. The fraction of sp³-hybridized carbons (Fsp3) is 0.214. The Morgan fingerprint density at radius 3 is 2.67 bits per heavy atom. The van der Waals surface area contributed by atoms with Gasteiger partial charge >= 0.3 is 0 Å². The second kappa shape index (κ2) is 5.40. The largest absolute Gasteiger partial charge is 0.437 e. The van der Waals surface area contributed by atoms with Crippen LogP contribution in [0.4, 0.5) is 5.69 Å². The molecule has 0 saturated heterocycles. The van der Waals surface area contributed by atoms with E-state index in [0.717, 1.165) is 15.8 Å². The van der Waals surface area contributed by atoms with Gasteiger partial charge in [0, 0.05) is 10.7 Å². The van der Waals surface area contributed by atoms with E-state index in [9.17, 15) is 0 Å². The van der Waals surface area contributed by atoms with E-state index in [2.05, 4.69) is 40.8 Å². The third-order valence-corrected chi connectivity index (χ3v) is 3.03. The number of ether oxygens (including phenoxy) is 1. The Labute approximate surface area is 115 Å². The third kappa shape index (κ3) is 2.82. The molecule has 94 valence electrons. The van der Waals surface area contributed by atoms with Gasteiger partial charge in [-0.25, -0.2) is 4.98 Å². The summed E-state index contributed by atoms with van der Waals surface area (Å²) in [4.78, 5) is 4.18. The lowest BCUT2D eigenvalue weighted by molar-refractivity contribution is 0.457. The fourth-order valence-corrected chi connectivity index (χ4v) is 2.03. The van der Waals surface area contributed by atoms with Crippen LogP contribution in [-0.4, -0.2) is 4.98 Å². The predicted molar refractivity (Wildman–Crippen MR) is 77.0 cm³/mol. The average molecular weight is 307 g/mol. The molecule has 1 heterocycles. The highest BCUT2D eigenvalue weighted by molar-refractivity contribution is 9.10. The molecule has 0 aliphatic carbocycles. The van der Waals surface area contributed by atoms with E-state index in [0.29, 0.717) is 17.5 Å². The van der Waals surface area contributed by atoms with E-state index >= 15 is 0 Å². The van der Waals surface area contributed by atoms with Crippen LogP contribution in [0, 0.1) is 0 Å². The van der Waals surface area contributed by atoms with Crippen molar-refractivity contribution in [2.75, 3.05) is 5.73 Å². The summed E-state index contributed by atoms with van der Waals surface area (Å²) < 4.78 is 6.64. The molecule has 2 N–H and O–H groups in total. The molecule has 4 heteroatoms. The van der Waals surface area contributed by atoms with Crippen LogP contribution in [0.25, 0.3) is 0 Å². The van der Waals surface area contributed by atoms with Crippen molar-refractivity contribution >= 4 is 21.6 Å². The summed E-state index contributed by atoms with van der Waals surface area (Å²) in [6.45, 7) is 4.25. The van der Waals surface area contributed by atoms with Crippen molar-refractivity contribution in [2.45, 2.75) is 19.8 Å². The minimum Gasteiger partial charge on any atom is -0.437 e. The van der Waals surface area contributed by atoms with Gasteiger partial charge in [0.15, 0.2) is 0 Å². The molecule has 0 radical (unpaired) electrons. The molecule has 0 unspecified atom stereocenters. The van der Waals surface area contributed by atoms with E-state index in [1.54, 1.807) is 12.3 Å². The maximum absolute atomic E-state index is 5.88. The Morgan fingerprint density at radius 1 is 1.28 bits per heavy atom. The van der Waals surface area contributed by atoms with Crippen LogP contribution in [-0.2, 0) is 0 Å². The summed E-state index contributed by atoms with van der Waals surface area (Å²) in [6, 6.07) is 9.70. The number of halogens is 1. The van der Waals surface area contributed by atoms with Gasteiger partial charge < -0.3 is 10.5 Å². The Kier molecular flexibility index (Phi) is 3.87. The van der Waals surface area contributed by atoms with Gasteiger partial charge in [-0.2, -0.15) is 0 Å². The van der Waals surface area contributed by atoms with Gasteiger partial charge in [-0.3, -0.25) is 0 Å². The number of rotatable bonds is 3. The fourth-order valence-electron chi connectivity index (χ4n) is 1.68. The zero-order valence-corrected chi connectivity index (χ0v) is 11.9. The van der Waals surface area contributed by atoms with Crippen LogP contribution in [0.3, 0.4) is 0 Å². The van der Waals surface area contributed by atoms with Gasteiger partial charge in [0.05, 0.1) is 5.69 Å². The van der Waals surface area contributed by atoms with Crippen LogP contribution in [0.1, 0.15) is 25.3 Å². The SMILES string of the molecule is CC(C)c1ccccc1Oc1ncc(Br)cc1N. The molecule has 1 aromatic heterocycles. The molecule has 0 atom stereocenters. The molecular weight excluding hydrogens is 292 g/mol. The quantitative estimate of drug-likeness (QED) is 0.917. The number of para-hydroxylation sites is 1. The Balaban J connectivity index is 2.34. The Hall–Kier alpha value is -1.55. The number of aromatic nitrogens is 1. The summed E-state index contributed by atoms with van der Waals surface area (Å²) >= 11 is 3.32. The number of hydrogen-bond donors (Lipinski definition) is 1. The molecule has 2 rings (SSSR count). The molecule has 0 saturated carbocycles. The molecule has 3 nitrogen and oxygen atoms in total. The van der Waals surface area contributed by atoms with Crippen molar-refractivity contribution < 1.29 is 4.74 Å². The van der Waals surface area contributed by atoms with Gasteiger partial charge in [0.2, 0.25) is 5.88 Å². The van der Waals surface area contributed by atoms with E-state index in [4.69, 9.17) is 10.5 Å². The van der Waals surface area contributed by atoms with Gasteiger partial charge in [-0.15, -0.1) is 0 Å².